The first kappa shape index (κ1) is 16.2. The molecule has 1 spiro atoms. The van der Waals surface area contributed by atoms with E-state index in [1.807, 2.05) is 0 Å². The Hall–Kier alpha value is -0.650. The fourth-order valence-electron chi connectivity index (χ4n) is 4.34. The van der Waals surface area contributed by atoms with E-state index in [1.54, 1.807) is 7.11 Å². The zero-order chi connectivity index (χ0) is 15.4. The third-order valence-electron chi connectivity index (χ3n) is 5.94. The van der Waals surface area contributed by atoms with Crippen molar-refractivity contribution in [2.75, 3.05) is 53.2 Å². The van der Waals surface area contributed by atoms with Crippen LogP contribution >= 0.6 is 0 Å². The summed E-state index contributed by atoms with van der Waals surface area (Å²) in [6, 6.07) is 0. The van der Waals surface area contributed by atoms with E-state index in [2.05, 4.69) is 4.90 Å². The van der Waals surface area contributed by atoms with Gasteiger partial charge >= 0.3 is 0 Å². The molecule has 0 aromatic heterocycles. The molecule has 0 radical (unpaired) electrons. The van der Waals surface area contributed by atoms with E-state index < -0.39 is 0 Å². The van der Waals surface area contributed by atoms with Gasteiger partial charge in [-0.2, -0.15) is 0 Å². The molecule has 126 valence electrons. The molecule has 5 heteroatoms. The van der Waals surface area contributed by atoms with Crippen molar-refractivity contribution >= 4 is 5.91 Å². The topological polar surface area (TPSA) is 48.0 Å². The summed E-state index contributed by atoms with van der Waals surface area (Å²) >= 11 is 0. The van der Waals surface area contributed by atoms with Gasteiger partial charge in [-0.25, -0.2) is 0 Å². The second-order valence-corrected chi connectivity index (χ2v) is 7.05. The molecule has 0 saturated carbocycles. The van der Waals surface area contributed by atoms with Gasteiger partial charge in [0.15, 0.2) is 0 Å². The van der Waals surface area contributed by atoms with Gasteiger partial charge < -0.3 is 19.1 Å². The third kappa shape index (κ3) is 3.31. The lowest BCUT2D eigenvalue weighted by Crippen LogP contribution is -2.51. The van der Waals surface area contributed by atoms with Gasteiger partial charge in [0.2, 0.25) is 5.91 Å². The highest BCUT2D eigenvalue weighted by atomic mass is 16.5. The van der Waals surface area contributed by atoms with Crippen LogP contribution in [0.15, 0.2) is 0 Å². The van der Waals surface area contributed by atoms with E-state index in [4.69, 9.17) is 14.2 Å². The fourth-order valence-corrected chi connectivity index (χ4v) is 4.34. The van der Waals surface area contributed by atoms with Crippen LogP contribution in [0.4, 0.5) is 0 Å². The molecule has 1 amide bonds. The number of likely N-dealkylation sites (tertiary alicyclic amines) is 1. The minimum absolute atomic E-state index is 0.187. The molecule has 0 aromatic carbocycles. The third-order valence-corrected chi connectivity index (χ3v) is 5.94. The number of methoxy groups -OCH3 is 1. The van der Waals surface area contributed by atoms with Crippen molar-refractivity contribution in [3.05, 3.63) is 0 Å². The maximum Gasteiger partial charge on any atom is 0.225 e. The summed E-state index contributed by atoms with van der Waals surface area (Å²) in [5, 5.41) is 0. The Morgan fingerprint density at radius 2 is 1.86 bits per heavy atom. The summed E-state index contributed by atoms with van der Waals surface area (Å²) in [6.07, 6.45) is 5.08. The molecule has 3 rings (SSSR count). The smallest absolute Gasteiger partial charge is 0.225 e. The Balaban J connectivity index is 1.57. The Morgan fingerprint density at radius 1 is 1.14 bits per heavy atom. The fraction of sp³-hybridized carbons (Fsp3) is 0.941. The molecular formula is C17H29NO4. The lowest BCUT2D eigenvalue weighted by molar-refractivity contribution is -0.145. The van der Waals surface area contributed by atoms with Crippen molar-refractivity contribution in [1.29, 1.82) is 0 Å². The van der Waals surface area contributed by atoms with Gasteiger partial charge in [0.05, 0.1) is 13.2 Å². The van der Waals surface area contributed by atoms with Crippen LogP contribution < -0.4 is 0 Å². The molecule has 0 N–H and O–H groups in total. The number of amides is 1. The number of carbonyl (C=O) groups excluding carboxylic acids is 1. The van der Waals surface area contributed by atoms with Crippen molar-refractivity contribution in [3.8, 4) is 0 Å². The van der Waals surface area contributed by atoms with Crippen LogP contribution in [-0.2, 0) is 19.0 Å². The molecular weight excluding hydrogens is 282 g/mol. The average molecular weight is 311 g/mol. The van der Waals surface area contributed by atoms with E-state index in [0.29, 0.717) is 17.2 Å². The normalized spacial score (nSPS) is 29.7. The summed E-state index contributed by atoms with van der Waals surface area (Å²) in [5.74, 6) is 1.02. The van der Waals surface area contributed by atoms with Crippen molar-refractivity contribution < 1.29 is 19.0 Å². The lowest BCUT2D eigenvalue weighted by atomic mass is 9.66. The average Bonchev–Trinajstić information content (AvgIpc) is 2.58. The zero-order valence-electron chi connectivity index (χ0n) is 13.7. The molecule has 22 heavy (non-hydrogen) atoms. The van der Waals surface area contributed by atoms with Crippen molar-refractivity contribution in [2.24, 2.45) is 17.3 Å². The number of nitrogens with zero attached hydrogens (tertiary/aromatic N) is 1. The number of hydrogen-bond donors (Lipinski definition) is 0. The van der Waals surface area contributed by atoms with E-state index in [0.717, 1.165) is 78.2 Å². The van der Waals surface area contributed by atoms with E-state index >= 15 is 0 Å². The predicted molar refractivity (Wildman–Crippen MR) is 82.6 cm³/mol. The predicted octanol–water partition coefficient (Wildman–Crippen LogP) is 1.70. The van der Waals surface area contributed by atoms with Gasteiger partial charge in [-0.05, 0) is 37.5 Å². The van der Waals surface area contributed by atoms with Crippen molar-refractivity contribution in [1.82, 2.24) is 4.90 Å². The SMILES string of the molecule is COC[C@@H]1COCCC12CCN(C(=O)C1CCOCC1)CC2. The summed E-state index contributed by atoms with van der Waals surface area (Å²) in [4.78, 5) is 14.8. The van der Waals surface area contributed by atoms with E-state index in [-0.39, 0.29) is 5.92 Å². The number of piperidine rings is 1. The van der Waals surface area contributed by atoms with Gasteiger partial charge in [-0.3, -0.25) is 4.79 Å². The standard InChI is InChI=1S/C17H29NO4/c1-20-12-15-13-22-11-6-17(15)4-7-18(8-5-17)16(19)14-2-9-21-10-3-14/h14-15H,2-13H2,1H3/t15-/m1/s1. The Bertz CT molecular complexity index is 371. The molecule has 3 heterocycles. The summed E-state index contributed by atoms with van der Waals surface area (Å²) < 4.78 is 16.4. The summed E-state index contributed by atoms with van der Waals surface area (Å²) in [7, 11) is 1.77. The first-order valence-corrected chi connectivity index (χ1v) is 8.68. The van der Waals surface area contributed by atoms with Crippen LogP contribution in [-0.4, -0.2) is 64.0 Å². The largest absolute Gasteiger partial charge is 0.384 e. The Morgan fingerprint density at radius 3 is 2.55 bits per heavy atom. The van der Waals surface area contributed by atoms with Crippen LogP contribution in [0.1, 0.15) is 32.1 Å². The van der Waals surface area contributed by atoms with E-state index in [1.165, 1.54) is 0 Å². The van der Waals surface area contributed by atoms with Crippen LogP contribution in [0.5, 0.6) is 0 Å². The lowest BCUT2D eigenvalue weighted by Gasteiger charge is -2.49. The Labute approximate surface area is 133 Å². The number of rotatable bonds is 3. The molecule has 5 nitrogen and oxygen atoms in total. The molecule has 0 bridgehead atoms. The number of ether oxygens (including phenoxy) is 3. The van der Waals surface area contributed by atoms with Crippen LogP contribution in [0.3, 0.4) is 0 Å². The quantitative estimate of drug-likeness (QED) is 0.796. The van der Waals surface area contributed by atoms with E-state index in [9.17, 15) is 4.79 Å². The molecule has 3 fully saturated rings. The van der Waals surface area contributed by atoms with Gasteiger partial charge in [0, 0.05) is 51.9 Å². The maximum absolute atomic E-state index is 12.7. The summed E-state index contributed by atoms with van der Waals surface area (Å²) in [5.41, 5.74) is 0.320. The van der Waals surface area contributed by atoms with Crippen molar-refractivity contribution in [3.63, 3.8) is 0 Å². The van der Waals surface area contributed by atoms with Gasteiger partial charge in [0.1, 0.15) is 0 Å². The highest BCUT2D eigenvalue weighted by molar-refractivity contribution is 5.79. The first-order valence-electron chi connectivity index (χ1n) is 8.68. The zero-order valence-corrected chi connectivity index (χ0v) is 13.7. The first-order chi connectivity index (χ1) is 10.7. The van der Waals surface area contributed by atoms with Gasteiger partial charge in [0.25, 0.3) is 0 Å². The minimum Gasteiger partial charge on any atom is -0.384 e. The molecule has 0 aromatic rings. The van der Waals surface area contributed by atoms with Gasteiger partial charge in [-0.15, -0.1) is 0 Å². The molecule has 0 unspecified atom stereocenters. The Kier molecular flexibility index (Phi) is 5.37. The highest BCUT2D eigenvalue weighted by Gasteiger charge is 2.44. The molecule has 3 aliphatic heterocycles. The van der Waals surface area contributed by atoms with Gasteiger partial charge in [-0.1, -0.05) is 0 Å². The molecule has 1 atom stereocenters. The second-order valence-electron chi connectivity index (χ2n) is 7.05. The molecule has 0 aliphatic carbocycles. The second kappa shape index (κ2) is 7.28. The van der Waals surface area contributed by atoms with Crippen LogP contribution in [0, 0.1) is 17.3 Å². The maximum atomic E-state index is 12.7. The molecule has 3 aliphatic rings. The number of hydrogen-bond acceptors (Lipinski definition) is 4. The highest BCUT2D eigenvalue weighted by Crippen LogP contribution is 2.45. The minimum atomic E-state index is 0.187. The van der Waals surface area contributed by atoms with Crippen molar-refractivity contribution in [2.45, 2.75) is 32.1 Å². The van der Waals surface area contributed by atoms with Crippen LogP contribution in [0.25, 0.3) is 0 Å². The number of carbonyl (C=O) groups is 1. The van der Waals surface area contributed by atoms with Crippen LogP contribution in [0.2, 0.25) is 0 Å². The summed E-state index contributed by atoms with van der Waals surface area (Å²) in [6.45, 7) is 5.71. The molecule has 3 saturated heterocycles. The monoisotopic (exact) mass is 311 g/mol.